The fourth-order valence-electron chi connectivity index (χ4n) is 4.25. The number of carbonyl (C=O) groups excluding carboxylic acids is 1. The highest BCUT2D eigenvalue weighted by Gasteiger charge is 2.19. The largest absolute Gasteiger partial charge is 0.497 e. The average molecular weight is 497 g/mol. The van der Waals surface area contributed by atoms with Gasteiger partial charge >= 0.3 is 0 Å². The Balaban J connectivity index is 1.43. The zero-order valence-electron chi connectivity index (χ0n) is 21.2. The number of aromatic nitrogens is 4. The van der Waals surface area contributed by atoms with E-state index in [-0.39, 0.29) is 5.91 Å². The topological polar surface area (TPSA) is 94.4 Å². The molecule has 1 amide bonds. The summed E-state index contributed by atoms with van der Waals surface area (Å²) in [5.41, 5.74) is 3.68. The van der Waals surface area contributed by atoms with Gasteiger partial charge in [0, 0.05) is 25.2 Å². The molecule has 0 bridgehead atoms. The minimum atomic E-state index is -0.652. The van der Waals surface area contributed by atoms with Crippen molar-refractivity contribution >= 4 is 39.2 Å². The quantitative estimate of drug-likeness (QED) is 0.335. The number of methoxy groups -OCH3 is 1. The molecule has 0 radical (unpaired) electrons. The van der Waals surface area contributed by atoms with Gasteiger partial charge < -0.3 is 19.7 Å². The lowest BCUT2D eigenvalue weighted by Crippen LogP contribution is -2.35. The molecule has 0 aliphatic carbocycles. The fourth-order valence-corrected chi connectivity index (χ4v) is 4.25. The van der Waals surface area contributed by atoms with Crippen LogP contribution >= 0.6 is 0 Å². The molecule has 1 N–H and O–H groups in total. The molecule has 9 nitrogen and oxygen atoms in total. The third-order valence-electron chi connectivity index (χ3n) is 6.09. The number of benzene rings is 3. The van der Waals surface area contributed by atoms with E-state index in [9.17, 15) is 4.79 Å². The third kappa shape index (κ3) is 5.02. The maximum atomic E-state index is 12.4. The van der Waals surface area contributed by atoms with Crippen molar-refractivity contribution in [2.45, 2.75) is 19.6 Å². The Morgan fingerprint density at radius 3 is 2.73 bits per heavy atom. The number of amides is 1. The fraction of sp³-hybridized carbons (Fsp3) is 0.214. The number of rotatable bonds is 8. The number of anilines is 2. The van der Waals surface area contributed by atoms with Crippen molar-refractivity contribution in [3.63, 3.8) is 0 Å². The van der Waals surface area contributed by atoms with Crippen LogP contribution in [0.2, 0.25) is 0 Å². The van der Waals surface area contributed by atoms with Gasteiger partial charge in [-0.1, -0.05) is 18.2 Å². The molecule has 3 aromatic carbocycles. The minimum absolute atomic E-state index is 0.125. The zero-order chi connectivity index (χ0) is 25.9. The van der Waals surface area contributed by atoms with Crippen molar-refractivity contribution in [1.82, 2.24) is 24.6 Å². The van der Waals surface area contributed by atoms with Crippen molar-refractivity contribution in [1.29, 1.82) is 0 Å². The smallest absolute Gasteiger partial charge is 0.262 e. The van der Waals surface area contributed by atoms with E-state index in [1.165, 1.54) is 11.2 Å². The number of carbonyl (C=O) groups is 1. The van der Waals surface area contributed by atoms with Crippen LogP contribution in [0.4, 0.5) is 11.5 Å². The highest BCUT2D eigenvalue weighted by Crippen LogP contribution is 2.33. The van der Waals surface area contributed by atoms with Gasteiger partial charge in [-0.2, -0.15) is 5.10 Å². The lowest BCUT2D eigenvalue weighted by Gasteiger charge is -2.20. The van der Waals surface area contributed by atoms with Crippen molar-refractivity contribution in [3.8, 4) is 11.5 Å². The number of nitrogens with one attached hydrogen (secondary N) is 1. The molecule has 5 aromatic rings. The molecule has 2 heterocycles. The first-order valence-electron chi connectivity index (χ1n) is 11.9. The molecule has 0 aliphatic heterocycles. The van der Waals surface area contributed by atoms with Gasteiger partial charge in [-0.25, -0.2) is 9.97 Å². The summed E-state index contributed by atoms with van der Waals surface area (Å²) < 4.78 is 13.3. The summed E-state index contributed by atoms with van der Waals surface area (Å²) in [5, 5.41) is 9.69. The van der Waals surface area contributed by atoms with Crippen LogP contribution in [0.25, 0.3) is 21.8 Å². The summed E-state index contributed by atoms with van der Waals surface area (Å²) in [6.07, 6.45) is 2.70. The van der Waals surface area contributed by atoms with Gasteiger partial charge in [-0.05, 0) is 55.0 Å². The second-order valence-corrected chi connectivity index (χ2v) is 8.92. The summed E-state index contributed by atoms with van der Waals surface area (Å²) in [7, 11) is 5.07. The molecule has 0 spiro atoms. The van der Waals surface area contributed by atoms with E-state index >= 15 is 0 Å². The molecule has 188 valence electrons. The summed E-state index contributed by atoms with van der Waals surface area (Å²) in [6.45, 7) is 2.36. The molecule has 0 aliphatic rings. The molecule has 0 unspecified atom stereocenters. The summed E-state index contributed by atoms with van der Waals surface area (Å²) in [5.74, 6) is 1.82. The first-order valence-corrected chi connectivity index (χ1v) is 11.9. The van der Waals surface area contributed by atoms with Crippen LogP contribution in [-0.4, -0.2) is 57.9 Å². The van der Waals surface area contributed by atoms with Gasteiger partial charge in [-0.15, -0.1) is 0 Å². The second-order valence-electron chi connectivity index (χ2n) is 8.92. The molecular weight excluding hydrogens is 468 g/mol. The number of fused-ring (bicyclic) bond motifs is 2. The first-order chi connectivity index (χ1) is 17.9. The Hall–Kier alpha value is -4.66. The van der Waals surface area contributed by atoms with Gasteiger partial charge in [-0.3, -0.25) is 9.48 Å². The van der Waals surface area contributed by atoms with Crippen LogP contribution < -0.4 is 14.8 Å². The minimum Gasteiger partial charge on any atom is -0.497 e. The maximum Gasteiger partial charge on any atom is 0.262 e. The lowest BCUT2D eigenvalue weighted by molar-refractivity contribution is -0.135. The van der Waals surface area contributed by atoms with Crippen molar-refractivity contribution in [2.75, 3.05) is 26.5 Å². The Bertz CT molecular complexity index is 1570. The Labute approximate surface area is 214 Å². The van der Waals surface area contributed by atoms with Gasteiger partial charge in [0.1, 0.15) is 23.6 Å². The van der Waals surface area contributed by atoms with Gasteiger partial charge in [0.25, 0.3) is 5.91 Å². The normalized spacial score (nSPS) is 11.9. The SMILES string of the molecule is COc1cccc(Cn2ncc3cc(Nc4ncnc5cccc(O[C@H](C)C(=O)N(C)C)c45)ccc32)c1. The van der Waals surface area contributed by atoms with Crippen LogP contribution in [0, 0.1) is 0 Å². The van der Waals surface area contributed by atoms with Gasteiger partial charge in [0.15, 0.2) is 6.10 Å². The highest BCUT2D eigenvalue weighted by molar-refractivity contribution is 5.96. The van der Waals surface area contributed by atoms with Gasteiger partial charge in [0.05, 0.1) is 36.3 Å². The van der Waals surface area contributed by atoms with Crippen molar-refractivity contribution in [3.05, 3.63) is 78.8 Å². The van der Waals surface area contributed by atoms with Crippen LogP contribution in [0.5, 0.6) is 11.5 Å². The average Bonchev–Trinajstić information content (AvgIpc) is 3.30. The molecule has 9 heteroatoms. The van der Waals surface area contributed by atoms with E-state index in [1.807, 2.05) is 65.5 Å². The predicted molar refractivity (Wildman–Crippen MR) is 143 cm³/mol. The Kier molecular flexibility index (Phi) is 6.59. The zero-order valence-corrected chi connectivity index (χ0v) is 21.2. The van der Waals surface area contributed by atoms with Crippen molar-refractivity contribution < 1.29 is 14.3 Å². The monoisotopic (exact) mass is 496 g/mol. The van der Waals surface area contributed by atoms with Crippen LogP contribution in [0.15, 0.2) is 73.2 Å². The Morgan fingerprint density at radius 2 is 1.92 bits per heavy atom. The molecule has 1 atom stereocenters. The van der Waals surface area contributed by atoms with E-state index in [4.69, 9.17) is 9.47 Å². The van der Waals surface area contributed by atoms with Crippen LogP contribution in [0.3, 0.4) is 0 Å². The molecule has 37 heavy (non-hydrogen) atoms. The van der Waals surface area contributed by atoms with Crippen LogP contribution in [-0.2, 0) is 11.3 Å². The second kappa shape index (κ2) is 10.1. The number of hydrogen-bond acceptors (Lipinski definition) is 7. The number of hydrogen-bond donors (Lipinski definition) is 1. The molecular formula is C28H28N6O3. The van der Waals surface area contributed by atoms with Crippen LogP contribution in [0.1, 0.15) is 12.5 Å². The summed E-state index contributed by atoms with van der Waals surface area (Å²) in [6, 6.07) is 19.6. The predicted octanol–water partition coefficient (Wildman–Crippen LogP) is 4.64. The van der Waals surface area contributed by atoms with E-state index < -0.39 is 6.10 Å². The summed E-state index contributed by atoms with van der Waals surface area (Å²) in [4.78, 5) is 22.7. The number of nitrogens with zero attached hydrogens (tertiary/aromatic N) is 5. The van der Waals surface area contributed by atoms with E-state index in [0.29, 0.717) is 29.0 Å². The maximum absolute atomic E-state index is 12.4. The number of likely N-dealkylation sites (N-methyl/N-ethyl adjacent to an activating group) is 1. The third-order valence-corrected chi connectivity index (χ3v) is 6.09. The molecule has 0 fully saturated rings. The van der Waals surface area contributed by atoms with E-state index in [0.717, 1.165) is 27.9 Å². The molecule has 2 aromatic heterocycles. The van der Waals surface area contributed by atoms with E-state index in [1.54, 1.807) is 28.1 Å². The standard InChI is InChI=1S/C28H28N6O3/c1-18(28(35)33(2)3)37-25-10-6-9-23-26(25)27(30-17-29-23)32-21-11-12-24-20(14-21)15-31-34(24)16-19-7-5-8-22(13-19)36-4/h5-15,17-18H,16H2,1-4H3,(H,29,30,32)/t18-/m1/s1. The van der Waals surface area contributed by atoms with E-state index in [2.05, 4.69) is 26.4 Å². The Morgan fingerprint density at radius 1 is 1.08 bits per heavy atom. The van der Waals surface area contributed by atoms with Crippen molar-refractivity contribution in [2.24, 2.45) is 0 Å². The number of ether oxygens (including phenoxy) is 2. The molecule has 0 saturated heterocycles. The molecule has 5 rings (SSSR count). The highest BCUT2D eigenvalue weighted by atomic mass is 16.5. The van der Waals surface area contributed by atoms with Gasteiger partial charge in [0.2, 0.25) is 0 Å². The lowest BCUT2D eigenvalue weighted by atomic mass is 10.2. The summed E-state index contributed by atoms with van der Waals surface area (Å²) >= 11 is 0. The molecule has 0 saturated carbocycles. The first kappa shape index (κ1) is 24.1.